The molecule has 0 aliphatic carbocycles. The quantitative estimate of drug-likeness (QED) is 0.453. The lowest BCUT2D eigenvalue weighted by Crippen LogP contribution is -2.17. The van der Waals surface area contributed by atoms with E-state index in [4.69, 9.17) is 0 Å². The zero-order valence-corrected chi connectivity index (χ0v) is 13.1. The highest BCUT2D eigenvalue weighted by Gasteiger charge is 2.33. The number of halogens is 4. The third-order valence-corrected chi connectivity index (χ3v) is 3.30. The van der Waals surface area contributed by atoms with Crippen LogP contribution in [-0.2, 0) is 11.0 Å². The van der Waals surface area contributed by atoms with Crippen molar-refractivity contribution in [2.75, 3.05) is 17.2 Å². The molecule has 0 saturated carbocycles. The molecule has 26 heavy (non-hydrogen) atoms. The summed E-state index contributed by atoms with van der Waals surface area (Å²) < 4.78 is 50.9. The van der Waals surface area contributed by atoms with Gasteiger partial charge < -0.3 is 10.6 Å². The van der Waals surface area contributed by atoms with Crippen LogP contribution < -0.4 is 10.6 Å². The number of anilines is 2. The Bertz CT molecular complexity index is 825. The van der Waals surface area contributed by atoms with Crippen LogP contribution in [0.1, 0.15) is 12.0 Å². The number of hydrogen-bond donors (Lipinski definition) is 2. The summed E-state index contributed by atoms with van der Waals surface area (Å²) in [5, 5.41) is 15.9. The van der Waals surface area contributed by atoms with E-state index in [1.165, 1.54) is 18.2 Å². The number of carbonyl (C=O) groups is 1. The number of nitrogens with one attached hydrogen (secondary N) is 2. The Morgan fingerprint density at radius 2 is 1.88 bits per heavy atom. The molecule has 0 aromatic heterocycles. The van der Waals surface area contributed by atoms with Gasteiger partial charge in [-0.3, -0.25) is 14.9 Å². The zero-order valence-electron chi connectivity index (χ0n) is 13.1. The van der Waals surface area contributed by atoms with Crippen LogP contribution in [0.3, 0.4) is 0 Å². The predicted molar refractivity (Wildman–Crippen MR) is 86.2 cm³/mol. The topological polar surface area (TPSA) is 84.3 Å². The lowest BCUT2D eigenvalue weighted by molar-refractivity contribution is -0.384. The molecular weight excluding hydrogens is 358 g/mol. The zero-order chi connectivity index (χ0) is 19.3. The second-order valence-corrected chi connectivity index (χ2v) is 5.22. The number of nitro benzene ring substituents is 1. The van der Waals surface area contributed by atoms with E-state index in [0.717, 1.165) is 12.1 Å². The molecule has 0 radical (unpaired) electrons. The molecule has 6 nitrogen and oxygen atoms in total. The lowest BCUT2D eigenvalue weighted by Gasteiger charge is -2.11. The number of benzene rings is 2. The Morgan fingerprint density at radius 1 is 1.15 bits per heavy atom. The first-order valence-electron chi connectivity index (χ1n) is 7.32. The van der Waals surface area contributed by atoms with Gasteiger partial charge in [-0.2, -0.15) is 13.2 Å². The number of nitro groups is 1. The first-order valence-corrected chi connectivity index (χ1v) is 7.32. The largest absolute Gasteiger partial charge is 0.416 e. The minimum Gasteiger partial charge on any atom is -0.379 e. The summed E-state index contributed by atoms with van der Waals surface area (Å²) in [5.41, 5.74) is -1.78. The van der Waals surface area contributed by atoms with Crippen molar-refractivity contribution in [1.29, 1.82) is 0 Å². The van der Waals surface area contributed by atoms with Crippen molar-refractivity contribution >= 4 is 23.0 Å². The Labute approximate surface area is 145 Å². The number of amides is 1. The molecule has 0 unspecified atom stereocenters. The fourth-order valence-corrected chi connectivity index (χ4v) is 2.11. The number of nitrogens with zero attached hydrogens (tertiary/aromatic N) is 1. The summed E-state index contributed by atoms with van der Waals surface area (Å²) in [7, 11) is 0. The summed E-state index contributed by atoms with van der Waals surface area (Å²) in [4.78, 5) is 21.8. The van der Waals surface area contributed by atoms with Gasteiger partial charge >= 0.3 is 6.18 Å². The summed E-state index contributed by atoms with van der Waals surface area (Å²) in [5.74, 6) is -1.01. The van der Waals surface area contributed by atoms with E-state index in [1.54, 1.807) is 0 Å². The van der Waals surface area contributed by atoms with Crippen molar-refractivity contribution in [3.63, 3.8) is 0 Å². The molecule has 138 valence electrons. The van der Waals surface area contributed by atoms with Crippen molar-refractivity contribution in [3.05, 3.63) is 64.0 Å². The Kier molecular flexibility index (Phi) is 5.75. The summed E-state index contributed by atoms with van der Waals surface area (Å²) in [6.45, 7) is -0.0621. The maximum Gasteiger partial charge on any atom is 0.416 e. The van der Waals surface area contributed by atoms with Crippen molar-refractivity contribution in [2.24, 2.45) is 0 Å². The first-order chi connectivity index (χ1) is 12.2. The smallest absolute Gasteiger partial charge is 0.379 e. The van der Waals surface area contributed by atoms with Gasteiger partial charge in [0, 0.05) is 24.7 Å². The first kappa shape index (κ1) is 19.2. The van der Waals surface area contributed by atoms with Crippen LogP contribution in [0.25, 0.3) is 0 Å². The van der Waals surface area contributed by atoms with Gasteiger partial charge in [0.15, 0.2) is 0 Å². The van der Waals surface area contributed by atoms with Crippen LogP contribution in [0.15, 0.2) is 42.5 Å². The molecule has 2 aromatic rings. The predicted octanol–water partition coefficient (Wildman–Crippen LogP) is 4.19. The molecule has 0 bridgehead atoms. The fourth-order valence-electron chi connectivity index (χ4n) is 2.11. The third-order valence-electron chi connectivity index (χ3n) is 3.30. The molecule has 2 rings (SSSR count). The maximum atomic E-state index is 13.0. The second kappa shape index (κ2) is 7.81. The van der Waals surface area contributed by atoms with Gasteiger partial charge in [-0.05, 0) is 30.3 Å². The highest BCUT2D eigenvalue weighted by molar-refractivity contribution is 5.91. The molecule has 0 saturated heterocycles. The number of rotatable bonds is 6. The highest BCUT2D eigenvalue weighted by atomic mass is 19.4. The van der Waals surface area contributed by atoms with Crippen LogP contribution in [0.4, 0.5) is 34.6 Å². The minimum atomic E-state index is -4.70. The summed E-state index contributed by atoms with van der Waals surface area (Å²) in [6, 6.07) is 7.29. The number of hydrogen-bond acceptors (Lipinski definition) is 4. The van der Waals surface area contributed by atoms with Crippen LogP contribution in [0.2, 0.25) is 0 Å². The molecule has 0 aliphatic rings. The second-order valence-electron chi connectivity index (χ2n) is 5.22. The highest BCUT2D eigenvalue weighted by Crippen LogP contribution is 2.34. The number of carbonyl (C=O) groups excluding carboxylic acids is 1. The Hall–Kier alpha value is -3.17. The molecule has 0 spiro atoms. The Morgan fingerprint density at radius 3 is 2.50 bits per heavy atom. The van der Waals surface area contributed by atoms with E-state index in [0.29, 0.717) is 12.1 Å². The van der Waals surface area contributed by atoms with E-state index >= 15 is 0 Å². The molecule has 2 aromatic carbocycles. The maximum absolute atomic E-state index is 13.0. The van der Waals surface area contributed by atoms with E-state index in [-0.39, 0.29) is 24.3 Å². The Balaban J connectivity index is 1.98. The molecule has 0 fully saturated rings. The molecule has 0 aliphatic heterocycles. The van der Waals surface area contributed by atoms with Gasteiger partial charge in [0.1, 0.15) is 11.5 Å². The summed E-state index contributed by atoms with van der Waals surface area (Å²) >= 11 is 0. The van der Waals surface area contributed by atoms with Gasteiger partial charge in [0.05, 0.1) is 10.5 Å². The summed E-state index contributed by atoms with van der Waals surface area (Å²) in [6.07, 6.45) is -4.83. The van der Waals surface area contributed by atoms with Crippen molar-refractivity contribution in [1.82, 2.24) is 0 Å². The molecule has 10 heteroatoms. The molecule has 2 N–H and O–H groups in total. The molecular formula is C16H13F4N3O3. The normalized spacial score (nSPS) is 11.1. The van der Waals surface area contributed by atoms with Gasteiger partial charge in [0.2, 0.25) is 5.91 Å². The molecule has 1 amide bonds. The van der Waals surface area contributed by atoms with E-state index in [1.807, 2.05) is 0 Å². The average molecular weight is 371 g/mol. The van der Waals surface area contributed by atoms with Gasteiger partial charge in [0.25, 0.3) is 5.69 Å². The van der Waals surface area contributed by atoms with Crippen molar-refractivity contribution in [3.8, 4) is 0 Å². The van der Waals surface area contributed by atoms with Gasteiger partial charge in [-0.1, -0.05) is 6.07 Å². The van der Waals surface area contributed by atoms with E-state index in [9.17, 15) is 32.5 Å². The van der Waals surface area contributed by atoms with Gasteiger partial charge in [-0.15, -0.1) is 0 Å². The monoisotopic (exact) mass is 371 g/mol. The van der Waals surface area contributed by atoms with Crippen LogP contribution in [-0.4, -0.2) is 17.4 Å². The molecule has 0 heterocycles. The van der Waals surface area contributed by atoms with Crippen LogP contribution in [0, 0.1) is 15.9 Å². The average Bonchev–Trinajstić information content (AvgIpc) is 2.53. The SMILES string of the molecule is O=C(CCNc1ccc(C(F)(F)F)cc1[N+](=O)[O-])Nc1cccc(F)c1. The van der Waals surface area contributed by atoms with E-state index < -0.39 is 34.1 Å². The van der Waals surface area contributed by atoms with Crippen LogP contribution >= 0.6 is 0 Å². The minimum absolute atomic E-state index is 0.0621. The van der Waals surface area contributed by atoms with Crippen molar-refractivity contribution < 1.29 is 27.3 Å². The molecule has 0 atom stereocenters. The van der Waals surface area contributed by atoms with Gasteiger partial charge in [-0.25, -0.2) is 4.39 Å². The van der Waals surface area contributed by atoms with Crippen LogP contribution in [0.5, 0.6) is 0 Å². The van der Waals surface area contributed by atoms with Crippen molar-refractivity contribution in [2.45, 2.75) is 12.6 Å². The third kappa shape index (κ3) is 5.16. The fraction of sp³-hybridized carbons (Fsp3) is 0.188. The number of alkyl halides is 3. The van der Waals surface area contributed by atoms with E-state index in [2.05, 4.69) is 10.6 Å². The standard InChI is InChI=1S/C16H13F4N3O3/c17-11-2-1-3-12(9-11)22-15(24)6-7-21-13-5-4-10(16(18,19)20)8-14(13)23(25)26/h1-5,8-9,21H,6-7H2,(H,22,24). The lowest BCUT2D eigenvalue weighted by atomic mass is 10.1.